The van der Waals surface area contributed by atoms with Crippen LogP contribution < -0.4 is 0 Å². The maximum atomic E-state index is 12.2. The first-order valence-electron chi connectivity index (χ1n) is 5.81. The van der Waals surface area contributed by atoms with Gasteiger partial charge in [0.25, 0.3) is 5.91 Å². The second kappa shape index (κ2) is 5.48. The van der Waals surface area contributed by atoms with E-state index in [9.17, 15) is 9.59 Å². The molecule has 0 saturated carbocycles. The Bertz CT molecular complexity index is 457. The molecular weight excluding hydrogens is 254 g/mol. The van der Waals surface area contributed by atoms with Crippen LogP contribution in [-0.2, 0) is 0 Å². The summed E-state index contributed by atoms with van der Waals surface area (Å²) in [5, 5.41) is 8.77. The van der Waals surface area contributed by atoms with Gasteiger partial charge in [-0.3, -0.25) is 4.79 Å². The number of amides is 1. The van der Waals surface area contributed by atoms with Gasteiger partial charge in [-0.15, -0.1) is 0 Å². The predicted octanol–water partition coefficient (Wildman–Crippen LogP) is 1.95. The van der Waals surface area contributed by atoms with Gasteiger partial charge in [0.2, 0.25) is 5.76 Å². The molecule has 1 aromatic heterocycles. The third-order valence-corrected chi connectivity index (χ3v) is 3.97. The normalized spacial score (nSPS) is 20.5. The molecule has 1 fully saturated rings. The fourth-order valence-electron chi connectivity index (χ4n) is 1.91. The molecular formula is C12H15NO4S. The van der Waals surface area contributed by atoms with Crippen molar-refractivity contribution >= 4 is 23.6 Å². The molecule has 2 rings (SSSR count). The molecule has 18 heavy (non-hydrogen) atoms. The molecule has 0 bridgehead atoms. The van der Waals surface area contributed by atoms with E-state index in [1.54, 1.807) is 4.90 Å². The lowest BCUT2D eigenvalue weighted by Crippen LogP contribution is -2.39. The van der Waals surface area contributed by atoms with Crippen LogP contribution in [0.25, 0.3) is 0 Å². The van der Waals surface area contributed by atoms with Gasteiger partial charge >= 0.3 is 5.97 Å². The fourth-order valence-corrected chi connectivity index (χ4v) is 2.94. The van der Waals surface area contributed by atoms with E-state index in [0.717, 1.165) is 17.9 Å². The SMILES string of the molecule is CC1CCSCCN1C(=O)c1ccc(C(=O)O)o1. The Morgan fingerprint density at radius 3 is 2.78 bits per heavy atom. The molecule has 0 aliphatic carbocycles. The Morgan fingerprint density at radius 1 is 1.39 bits per heavy atom. The summed E-state index contributed by atoms with van der Waals surface area (Å²) in [4.78, 5) is 24.7. The van der Waals surface area contributed by atoms with E-state index in [4.69, 9.17) is 9.52 Å². The molecule has 0 aromatic carbocycles. The van der Waals surface area contributed by atoms with Crippen LogP contribution in [0, 0.1) is 0 Å². The standard InChI is InChI=1S/C12H15NO4S/c1-8-4-6-18-7-5-13(8)11(14)9-2-3-10(17-9)12(15)16/h2-3,8H,4-7H2,1H3,(H,15,16). The highest BCUT2D eigenvalue weighted by atomic mass is 32.2. The Balaban J connectivity index is 2.15. The van der Waals surface area contributed by atoms with Crippen LogP contribution in [0.4, 0.5) is 0 Å². The number of thioether (sulfide) groups is 1. The number of nitrogens with zero attached hydrogens (tertiary/aromatic N) is 1. The van der Waals surface area contributed by atoms with E-state index in [1.807, 2.05) is 18.7 Å². The van der Waals surface area contributed by atoms with E-state index < -0.39 is 5.97 Å². The number of carbonyl (C=O) groups excluding carboxylic acids is 1. The lowest BCUT2D eigenvalue weighted by atomic mass is 10.2. The van der Waals surface area contributed by atoms with Crippen LogP contribution in [0.3, 0.4) is 0 Å². The van der Waals surface area contributed by atoms with Crippen molar-refractivity contribution in [2.45, 2.75) is 19.4 Å². The van der Waals surface area contributed by atoms with Crippen molar-refractivity contribution < 1.29 is 19.1 Å². The zero-order valence-electron chi connectivity index (χ0n) is 10.1. The zero-order valence-corrected chi connectivity index (χ0v) is 10.9. The van der Waals surface area contributed by atoms with Crippen molar-refractivity contribution in [1.29, 1.82) is 0 Å². The van der Waals surface area contributed by atoms with E-state index in [-0.39, 0.29) is 23.5 Å². The first kappa shape index (κ1) is 13.0. The monoisotopic (exact) mass is 269 g/mol. The average Bonchev–Trinajstić information content (AvgIpc) is 2.73. The minimum absolute atomic E-state index is 0.103. The molecule has 1 saturated heterocycles. The minimum Gasteiger partial charge on any atom is -0.475 e. The third kappa shape index (κ3) is 2.69. The molecule has 5 nitrogen and oxygen atoms in total. The quantitative estimate of drug-likeness (QED) is 0.888. The minimum atomic E-state index is -1.16. The van der Waals surface area contributed by atoms with Gasteiger partial charge in [-0.1, -0.05) is 0 Å². The van der Waals surface area contributed by atoms with Crippen molar-refractivity contribution in [2.24, 2.45) is 0 Å². The Morgan fingerprint density at radius 2 is 2.11 bits per heavy atom. The summed E-state index contributed by atoms with van der Waals surface area (Å²) in [5.41, 5.74) is 0. The van der Waals surface area contributed by atoms with Crippen LogP contribution in [0.5, 0.6) is 0 Å². The molecule has 98 valence electrons. The second-order valence-electron chi connectivity index (χ2n) is 4.22. The number of rotatable bonds is 2. The summed E-state index contributed by atoms with van der Waals surface area (Å²) in [6.45, 7) is 2.68. The Kier molecular flexibility index (Phi) is 3.96. The number of hydrogen-bond donors (Lipinski definition) is 1. The number of hydrogen-bond acceptors (Lipinski definition) is 4. The molecule has 0 radical (unpaired) electrons. The van der Waals surface area contributed by atoms with Crippen molar-refractivity contribution in [3.8, 4) is 0 Å². The first-order valence-corrected chi connectivity index (χ1v) is 6.97. The van der Waals surface area contributed by atoms with Crippen molar-refractivity contribution in [3.05, 3.63) is 23.7 Å². The highest BCUT2D eigenvalue weighted by Gasteiger charge is 2.26. The van der Waals surface area contributed by atoms with Gasteiger partial charge in [-0.05, 0) is 31.2 Å². The van der Waals surface area contributed by atoms with Crippen LogP contribution in [0.1, 0.15) is 34.5 Å². The lowest BCUT2D eigenvalue weighted by Gasteiger charge is -2.25. The molecule has 6 heteroatoms. The van der Waals surface area contributed by atoms with E-state index in [1.165, 1.54) is 12.1 Å². The second-order valence-corrected chi connectivity index (χ2v) is 5.44. The molecule has 1 aliphatic rings. The van der Waals surface area contributed by atoms with Crippen molar-refractivity contribution in [2.75, 3.05) is 18.1 Å². The highest BCUT2D eigenvalue weighted by molar-refractivity contribution is 7.99. The molecule has 1 aliphatic heterocycles. The van der Waals surface area contributed by atoms with Gasteiger partial charge in [-0.2, -0.15) is 11.8 Å². The summed E-state index contributed by atoms with van der Waals surface area (Å²) in [6.07, 6.45) is 0.947. The maximum Gasteiger partial charge on any atom is 0.371 e. The van der Waals surface area contributed by atoms with Gasteiger partial charge in [0, 0.05) is 18.3 Å². The number of aromatic carboxylic acids is 1. The molecule has 1 amide bonds. The Labute approximate surface area is 109 Å². The van der Waals surface area contributed by atoms with Crippen LogP contribution in [0.2, 0.25) is 0 Å². The van der Waals surface area contributed by atoms with Gasteiger partial charge in [0.1, 0.15) is 0 Å². The van der Waals surface area contributed by atoms with Gasteiger partial charge in [-0.25, -0.2) is 4.79 Å². The first-order chi connectivity index (χ1) is 8.59. The number of furan rings is 1. The average molecular weight is 269 g/mol. The largest absolute Gasteiger partial charge is 0.475 e. The summed E-state index contributed by atoms with van der Waals surface area (Å²) >= 11 is 1.83. The van der Waals surface area contributed by atoms with E-state index >= 15 is 0 Å². The van der Waals surface area contributed by atoms with Crippen LogP contribution >= 0.6 is 11.8 Å². The maximum absolute atomic E-state index is 12.2. The van der Waals surface area contributed by atoms with E-state index in [2.05, 4.69) is 0 Å². The summed E-state index contributed by atoms with van der Waals surface area (Å²) in [6, 6.07) is 2.90. The molecule has 0 spiro atoms. The van der Waals surface area contributed by atoms with Crippen molar-refractivity contribution in [3.63, 3.8) is 0 Å². The summed E-state index contributed by atoms with van der Waals surface area (Å²) < 4.78 is 5.05. The topological polar surface area (TPSA) is 70.8 Å². The zero-order chi connectivity index (χ0) is 13.1. The molecule has 1 unspecified atom stereocenters. The number of carbonyl (C=O) groups is 2. The van der Waals surface area contributed by atoms with Gasteiger partial charge in [0.15, 0.2) is 5.76 Å². The van der Waals surface area contributed by atoms with Crippen molar-refractivity contribution in [1.82, 2.24) is 4.90 Å². The number of carboxylic acid groups (broad SMARTS) is 1. The fraction of sp³-hybridized carbons (Fsp3) is 0.500. The smallest absolute Gasteiger partial charge is 0.371 e. The van der Waals surface area contributed by atoms with Gasteiger partial charge < -0.3 is 14.4 Å². The number of carboxylic acids is 1. The van der Waals surface area contributed by atoms with Crippen LogP contribution in [0.15, 0.2) is 16.5 Å². The van der Waals surface area contributed by atoms with Crippen LogP contribution in [-0.4, -0.2) is 46.0 Å². The summed E-state index contributed by atoms with van der Waals surface area (Å²) in [7, 11) is 0. The molecule has 2 heterocycles. The van der Waals surface area contributed by atoms with E-state index in [0.29, 0.717) is 6.54 Å². The Hall–Kier alpha value is -1.43. The molecule has 1 atom stereocenters. The molecule has 1 N–H and O–H groups in total. The summed E-state index contributed by atoms with van der Waals surface area (Å²) in [5.74, 6) is 0.471. The third-order valence-electron chi connectivity index (χ3n) is 2.98. The molecule has 1 aromatic rings. The predicted molar refractivity (Wildman–Crippen MR) is 68.1 cm³/mol. The highest BCUT2D eigenvalue weighted by Crippen LogP contribution is 2.19. The lowest BCUT2D eigenvalue weighted by molar-refractivity contribution is 0.0636. The van der Waals surface area contributed by atoms with Gasteiger partial charge in [0.05, 0.1) is 0 Å².